The van der Waals surface area contributed by atoms with E-state index in [0.717, 1.165) is 28.8 Å². The van der Waals surface area contributed by atoms with Crippen molar-refractivity contribution in [2.45, 2.75) is 19.4 Å². The molecule has 0 atom stereocenters. The summed E-state index contributed by atoms with van der Waals surface area (Å²) in [6, 6.07) is 1.84. The molecule has 0 radical (unpaired) electrons. The molecule has 3 N–H and O–H groups in total. The first kappa shape index (κ1) is 12.4. The summed E-state index contributed by atoms with van der Waals surface area (Å²) in [5.74, 6) is -1.48. The van der Waals surface area contributed by atoms with Gasteiger partial charge in [0.05, 0.1) is 11.3 Å². The van der Waals surface area contributed by atoms with Gasteiger partial charge in [0.2, 0.25) is 5.91 Å². The van der Waals surface area contributed by atoms with Crippen LogP contribution in [0.2, 0.25) is 0 Å². The van der Waals surface area contributed by atoms with Crippen molar-refractivity contribution in [3.8, 4) is 11.3 Å². The number of aromatic carboxylic acids is 1. The van der Waals surface area contributed by atoms with Crippen molar-refractivity contribution in [1.82, 2.24) is 9.55 Å². The van der Waals surface area contributed by atoms with E-state index in [1.807, 2.05) is 6.07 Å². The number of carbonyl (C=O) groups is 2. The molecule has 1 aliphatic carbocycles. The van der Waals surface area contributed by atoms with E-state index in [2.05, 4.69) is 4.98 Å². The predicted octanol–water partition coefficient (Wildman–Crippen LogP) is 0.832. The Hall–Kier alpha value is -2.63. The number of fused-ring (bicyclic) bond motifs is 3. The number of hydrogen-bond donors (Lipinski definition) is 2. The lowest BCUT2D eigenvalue weighted by atomic mass is 9.90. The van der Waals surface area contributed by atoms with E-state index in [-0.39, 0.29) is 12.1 Å². The van der Waals surface area contributed by atoms with Gasteiger partial charge in [0.1, 0.15) is 6.54 Å². The van der Waals surface area contributed by atoms with Crippen LogP contribution in [0.15, 0.2) is 24.7 Å². The number of aryl methyl sites for hydroxylation is 1. The summed E-state index contributed by atoms with van der Waals surface area (Å²) in [6.45, 7) is -0.0304. The monoisotopic (exact) mass is 271 g/mol. The van der Waals surface area contributed by atoms with Crippen LogP contribution in [0.25, 0.3) is 11.3 Å². The molecule has 0 saturated carbocycles. The first-order valence-corrected chi connectivity index (χ1v) is 6.24. The van der Waals surface area contributed by atoms with Gasteiger partial charge in [0.25, 0.3) is 0 Å². The Morgan fingerprint density at radius 3 is 2.90 bits per heavy atom. The van der Waals surface area contributed by atoms with Crippen LogP contribution in [0.5, 0.6) is 0 Å². The molecule has 6 heteroatoms. The Morgan fingerprint density at radius 2 is 2.20 bits per heavy atom. The maximum absolute atomic E-state index is 11.3. The van der Waals surface area contributed by atoms with Gasteiger partial charge < -0.3 is 15.4 Å². The fraction of sp³-hybridized carbons (Fsp3) is 0.214. The van der Waals surface area contributed by atoms with Gasteiger partial charge >= 0.3 is 5.97 Å². The van der Waals surface area contributed by atoms with Crippen molar-refractivity contribution in [3.63, 3.8) is 0 Å². The van der Waals surface area contributed by atoms with Gasteiger partial charge in [0.15, 0.2) is 0 Å². The van der Waals surface area contributed by atoms with E-state index in [4.69, 9.17) is 5.73 Å². The lowest BCUT2D eigenvalue weighted by Gasteiger charge is -2.18. The van der Waals surface area contributed by atoms with Crippen molar-refractivity contribution in [2.24, 2.45) is 5.73 Å². The second-order valence-electron chi connectivity index (χ2n) is 4.80. The van der Waals surface area contributed by atoms with Gasteiger partial charge in [-0.3, -0.25) is 9.78 Å². The smallest absolute Gasteiger partial charge is 0.337 e. The molecule has 0 saturated heterocycles. The Bertz CT molecular complexity index is 718. The number of primary amides is 1. The number of pyridine rings is 1. The van der Waals surface area contributed by atoms with Crippen LogP contribution >= 0.6 is 0 Å². The Kier molecular flexibility index (Phi) is 2.78. The molecule has 0 spiro atoms. The second kappa shape index (κ2) is 4.48. The zero-order valence-corrected chi connectivity index (χ0v) is 10.7. The third kappa shape index (κ3) is 1.85. The molecule has 2 aromatic heterocycles. The quantitative estimate of drug-likeness (QED) is 0.863. The highest BCUT2D eigenvalue weighted by Gasteiger charge is 2.26. The van der Waals surface area contributed by atoms with E-state index in [1.165, 1.54) is 6.20 Å². The molecular formula is C14H13N3O3. The van der Waals surface area contributed by atoms with Crippen LogP contribution in [0, 0.1) is 0 Å². The minimum absolute atomic E-state index is 0.0304. The largest absolute Gasteiger partial charge is 0.478 e. The number of nitrogens with two attached hydrogens (primary N) is 1. The number of rotatable bonds is 3. The molecule has 1 amide bonds. The molecule has 2 heterocycles. The zero-order valence-electron chi connectivity index (χ0n) is 10.7. The highest BCUT2D eigenvalue weighted by Crippen LogP contribution is 2.36. The lowest BCUT2D eigenvalue weighted by molar-refractivity contribution is -0.118. The average Bonchev–Trinajstić information content (AvgIpc) is 2.77. The minimum atomic E-state index is -0.984. The molecule has 2 aromatic rings. The van der Waals surface area contributed by atoms with Crippen molar-refractivity contribution >= 4 is 11.9 Å². The third-order valence-corrected chi connectivity index (χ3v) is 3.54. The second-order valence-corrected chi connectivity index (χ2v) is 4.80. The predicted molar refractivity (Wildman–Crippen MR) is 71.2 cm³/mol. The minimum Gasteiger partial charge on any atom is -0.478 e. The molecule has 102 valence electrons. The summed E-state index contributed by atoms with van der Waals surface area (Å²) >= 11 is 0. The van der Waals surface area contributed by atoms with E-state index in [9.17, 15) is 14.7 Å². The van der Waals surface area contributed by atoms with E-state index >= 15 is 0 Å². The molecule has 3 rings (SSSR count). The normalized spacial score (nSPS) is 12.6. The molecule has 0 bridgehead atoms. The summed E-state index contributed by atoms with van der Waals surface area (Å²) in [7, 11) is 0. The summed E-state index contributed by atoms with van der Waals surface area (Å²) < 4.78 is 1.62. The first-order valence-electron chi connectivity index (χ1n) is 6.24. The molecule has 1 aliphatic rings. The zero-order chi connectivity index (χ0) is 14.3. The maximum Gasteiger partial charge on any atom is 0.337 e. The first-order chi connectivity index (χ1) is 9.58. The van der Waals surface area contributed by atoms with Crippen molar-refractivity contribution in [3.05, 3.63) is 41.3 Å². The van der Waals surface area contributed by atoms with Crippen LogP contribution in [-0.4, -0.2) is 26.5 Å². The molecule has 0 fully saturated rings. The molecule has 0 aliphatic heterocycles. The lowest BCUT2D eigenvalue weighted by Crippen LogP contribution is -2.19. The topological polar surface area (TPSA) is 98.2 Å². The van der Waals surface area contributed by atoms with Crippen LogP contribution in [0.1, 0.15) is 21.5 Å². The van der Waals surface area contributed by atoms with Gasteiger partial charge in [-0.25, -0.2) is 4.79 Å². The molecule has 0 unspecified atom stereocenters. The van der Waals surface area contributed by atoms with E-state index < -0.39 is 11.9 Å². The highest BCUT2D eigenvalue weighted by atomic mass is 16.4. The number of carboxylic acids is 1. The molecule has 6 nitrogen and oxygen atoms in total. The number of amides is 1. The number of carboxylic acid groups (broad SMARTS) is 1. The van der Waals surface area contributed by atoms with Crippen LogP contribution in [0.3, 0.4) is 0 Å². The number of aromatic nitrogens is 2. The van der Waals surface area contributed by atoms with Crippen molar-refractivity contribution in [2.75, 3.05) is 0 Å². The van der Waals surface area contributed by atoms with Crippen LogP contribution in [0.4, 0.5) is 0 Å². The van der Waals surface area contributed by atoms with Gasteiger partial charge in [-0.2, -0.15) is 0 Å². The molecule has 0 aromatic carbocycles. The van der Waals surface area contributed by atoms with E-state index in [1.54, 1.807) is 17.0 Å². The summed E-state index contributed by atoms with van der Waals surface area (Å²) in [6.07, 6.45) is 6.31. The standard InChI is InChI=1S/C14H13N3O3/c15-12(18)7-17-6-11(14(19)20)10-2-1-8-5-16-4-3-9(8)13(10)17/h3-6H,1-2,7H2,(H2,15,18)(H,19,20). The Morgan fingerprint density at radius 1 is 1.40 bits per heavy atom. The SMILES string of the molecule is NC(=O)Cn1cc(C(=O)O)c2c1-c1ccncc1CC2. The number of nitrogens with zero attached hydrogens (tertiary/aromatic N) is 2. The highest BCUT2D eigenvalue weighted by molar-refractivity contribution is 5.93. The van der Waals surface area contributed by atoms with Crippen LogP contribution in [-0.2, 0) is 24.2 Å². The summed E-state index contributed by atoms with van der Waals surface area (Å²) in [4.78, 5) is 26.6. The number of hydrogen-bond acceptors (Lipinski definition) is 3. The van der Waals surface area contributed by atoms with Gasteiger partial charge in [-0.05, 0) is 30.0 Å². The third-order valence-electron chi connectivity index (χ3n) is 3.54. The fourth-order valence-corrected chi connectivity index (χ4v) is 2.76. The fourth-order valence-electron chi connectivity index (χ4n) is 2.76. The van der Waals surface area contributed by atoms with Crippen molar-refractivity contribution < 1.29 is 14.7 Å². The number of carbonyl (C=O) groups excluding carboxylic acids is 1. The Balaban J connectivity index is 2.25. The average molecular weight is 271 g/mol. The van der Waals surface area contributed by atoms with Crippen molar-refractivity contribution in [1.29, 1.82) is 0 Å². The van der Waals surface area contributed by atoms with Gasteiger partial charge in [-0.1, -0.05) is 0 Å². The molecular weight excluding hydrogens is 258 g/mol. The van der Waals surface area contributed by atoms with Crippen LogP contribution < -0.4 is 5.73 Å². The maximum atomic E-state index is 11.3. The Labute approximate surface area is 114 Å². The van der Waals surface area contributed by atoms with Gasteiger partial charge in [0, 0.05) is 24.2 Å². The molecule has 20 heavy (non-hydrogen) atoms. The summed E-state index contributed by atoms with van der Waals surface area (Å²) in [5, 5.41) is 9.29. The van der Waals surface area contributed by atoms with E-state index in [0.29, 0.717) is 6.42 Å². The van der Waals surface area contributed by atoms with Gasteiger partial charge in [-0.15, -0.1) is 0 Å². The summed E-state index contributed by atoms with van der Waals surface area (Å²) in [5.41, 5.74) is 9.00.